The Labute approximate surface area is 246 Å². The van der Waals surface area contributed by atoms with E-state index in [0.29, 0.717) is 22.8 Å². The van der Waals surface area contributed by atoms with E-state index in [-0.39, 0.29) is 17.0 Å². The fourth-order valence-corrected chi connectivity index (χ4v) is 7.06. The van der Waals surface area contributed by atoms with Crippen molar-refractivity contribution in [3.63, 3.8) is 0 Å². The Kier molecular flexibility index (Phi) is 4.72. The largest absolute Gasteiger partial charge is 0.357 e. The monoisotopic (exact) mass is 556 g/mol. The number of carbonyl (C=O) groups is 2. The van der Waals surface area contributed by atoms with Crippen molar-refractivity contribution in [3.8, 4) is 33.9 Å². The topological polar surface area (TPSA) is 91.5 Å². The molecule has 6 nitrogen and oxygen atoms in total. The summed E-state index contributed by atoms with van der Waals surface area (Å²) in [4.78, 5) is 44.1. The average Bonchev–Trinajstić information content (AvgIpc) is 3.56. The second-order valence-electron chi connectivity index (χ2n) is 11.5. The van der Waals surface area contributed by atoms with E-state index in [2.05, 4.69) is 60.2 Å². The number of rotatable bonds is 1. The summed E-state index contributed by atoms with van der Waals surface area (Å²) in [5.41, 5.74) is 12.4. The maximum absolute atomic E-state index is 13.2. The Balaban J connectivity index is 1.47. The molecule has 2 aliphatic rings. The zero-order valence-electron chi connectivity index (χ0n) is 23.4. The quantitative estimate of drug-likeness (QED) is 0.201. The molecule has 4 aromatic heterocycles. The van der Waals surface area contributed by atoms with Gasteiger partial charge in [0.2, 0.25) is 11.6 Å². The summed E-state index contributed by atoms with van der Waals surface area (Å²) in [6, 6.07) is 30.1. The molecule has 204 valence electrons. The maximum Gasteiger partial charge on any atom is 0.235 e. The summed E-state index contributed by atoms with van der Waals surface area (Å²) in [6.45, 7) is 4.35. The minimum Gasteiger partial charge on any atom is -0.357 e. The second-order valence-corrected chi connectivity index (χ2v) is 11.5. The first-order valence-corrected chi connectivity index (χ1v) is 14.4. The van der Waals surface area contributed by atoms with Crippen LogP contribution in [0, 0.1) is 13.8 Å². The Morgan fingerprint density at radius 3 is 1.51 bits per heavy atom. The number of H-pyrrole nitrogens is 2. The summed E-state index contributed by atoms with van der Waals surface area (Å²) in [5.74, 6) is -1.19. The number of carbonyl (C=O) groups excluding carboxylic acids is 2. The molecule has 6 heteroatoms. The molecule has 0 radical (unpaired) electrons. The molecule has 9 rings (SSSR count). The Hall–Kier alpha value is -5.62. The van der Waals surface area contributed by atoms with Crippen LogP contribution in [-0.4, -0.2) is 31.5 Å². The number of fused-ring (bicyclic) bond motifs is 6. The number of nitrogens with one attached hydrogen (secondary N) is 2. The van der Waals surface area contributed by atoms with Crippen molar-refractivity contribution in [1.29, 1.82) is 0 Å². The van der Waals surface area contributed by atoms with Crippen LogP contribution < -0.4 is 0 Å². The highest BCUT2D eigenvalue weighted by Crippen LogP contribution is 2.43. The minimum atomic E-state index is -0.553. The van der Waals surface area contributed by atoms with Gasteiger partial charge in [0.1, 0.15) is 11.4 Å². The van der Waals surface area contributed by atoms with Crippen molar-refractivity contribution >= 4 is 33.4 Å². The predicted octanol–water partition coefficient (Wildman–Crippen LogP) is 7.93. The molecular weight excluding hydrogens is 532 g/mol. The van der Waals surface area contributed by atoms with Gasteiger partial charge in [-0.25, -0.2) is 9.97 Å². The fourth-order valence-electron chi connectivity index (χ4n) is 7.06. The number of Topliss-reactive ketones (excluding diaryl/α,β-unsaturated/α-hetero) is 2. The molecule has 7 aromatic rings. The van der Waals surface area contributed by atoms with Crippen molar-refractivity contribution in [3.05, 3.63) is 130 Å². The maximum atomic E-state index is 13.2. The van der Waals surface area contributed by atoms with Gasteiger partial charge in [-0.2, -0.15) is 0 Å². The number of pyridine rings is 2. The van der Waals surface area contributed by atoms with Crippen molar-refractivity contribution < 1.29 is 9.59 Å². The van der Waals surface area contributed by atoms with Crippen molar-refractivity contribution in [1.82, 2.24) is 19.9 Å². The summed E-state index contributed by atoms with van der Waals surface area (Å²) in [7, 11) is 0. The van der Waals surface area contributed by atoms with Crippen LogP contribution in [0.1, 0.15) is 54.7 Å². The number of hydrogen-bond acceptors (Lipinski definition) is 4. The zero-order chi connectivity index (χ0) is 29.0. The first-order chi connectivity index (χ1) is 21.0. The van der Waals surface area contributed by atoms with E-state index in [0.717, 1.165) is 44.3 Å². The lowest BCUT2D eigenvalue weighted by molar-refractivity contribution is 0.0814. The molecule has 8 bridgehead atoms. The fraction of sp³-hybridized carbons (Fsp3) is 0.0811. The van der Waals surface area contributed by atoms with Crippen LogP contribution in [0.2, 0.25) is 0 Å². The molecule has 2 N–H and O–H groups in total. The summed E-state index contributed by atoms with van der Waals surface area (Å²) < 4.78 is 0. The summed E-state index contributed by atoms with van der Waals surface area (Å²) in [6.07, 6.45) is 0. The highest BCUT2D eigenvalue weighted by atomic mass is 16.2. The van der Waals surface area contributed by atoms with Gasteiger partial charge in [-0.15, -0.1) is 0 Å². The van der Waals surface area contributed by atoms with Gasteiger partial charge in [-0.1, -0.05) is 66.7 Å². The van der Waals surface area contributed by atoms with Gasteiger partial charge < -0.3 is 9.97 Å². The summed E-state index contributed by atoms with van der Waals surface area (Å²) in [5, 5.41) is 2.23. The SMILES string of the molecule is Cc1c2[nH]c3c(cccc13)-c1ccc3c(n1)-c1nc(ccc1C(=O)C3=O)-c1cccc3c(C)c([nH]c13)C2c1ccccc1. The van der Waals surface area contributed by atoms with Crippen molar-refractivity contribution in [2.24, 2.45) is 0 Å². The summed E-state index contributed by atoms with van der Waals surface area (Å²) >= 11 is 0. The molecule has 0 saturated carbocycles. The molecule has 0 saturated heterocycles. The number of para-hydroxylation sites is 2. The van der Waals surface area contributed by atoms with Gasteiger partial charge in [0.05, 0.1) is 39.5 Å². The van der Waals surface area contributed by atoms with E-state index >= 15 is 0 Å². The van der Waals surface area contributed by atoms with Gasteiger partial charge in [0.15, 0.2) is 0 Å². The molecule has 0 unspecified atom stereocenters. The number of nitrogens with zero attached hydrogens (tertiary/aromatic N) is 2. The molecule has 3 aromatic carbocycles. The highest BCUT2D eigenvalue weighted by molar-refractivity contribution is 6.52. The number of aromatic nitrogens is 4. The molecule has 0 fully saturated rings. The van der Waals surface area contributed by atoms with Gasteiger partial charge in [-0.05, 0) is 54.8 Å². The van der Waals surface area contributed by atoms with Crippen LogP contribution in [0.15, 0.2) is 91.0 Å². The van der Waals surface area contributed by atoms with E-state index in [1.54, 1.807) is 12.1 Å². The van der Waals surface area contributed by atoms with Crippen LogP contribution in [-0.2, 0) is 0 Å². The smallest absolute Gasteiger partial charge is 0.235 e. The number of aryl methyl sites for hydroxylation is 2. The highest BCUT2D eigenvalue weighted by Gasteiger charge is 2.34. The van der Waals surface area contributed by atoms with Gasteiger partial charge >= 0.3 is 0 Å². The molecule has 0 atom stereocenters. The third-order valence-corrected chi connectivity index (χ3v) is 9.24. The first-order valence-electron chi connectivity index (χ1n) is 14.4. The van der Waals surface area contributed by atoms with E-state index in [4.69, 9.17) is 9.97 Å². The van der Waals surface area contributed by atoms with Gasteiger partial charge in [-0.3, -0.25) is 9.59 Å². The van der Waals surface area contributed by atoms with E-state index in [1.165, 1.54) is 16.7 Å². The molecule has 0 spiro atoms. The minimum absolute atomic E-state index is 0.0825. The standard InChI is InChI=1S/C37H24N4O2/c1-18-21-10-6-12-23-27-16-14-25-34(38-27)35-26(37(43)36(25)42)15-17-28(39-35)24-13-7-11-22-19(2)31(41-33(22)24)29(30(18)40-32(21)23)20-8-4-3-5-9-20/h3-17,29,40-41H,1-2H3. The van der Waals surface area contributed by atoms with Gasteiger partial charge in [0.25, 0.3) is 0 Å². The van der Waals surface area contributed by atoms with Crippen LogP contribution in [0.4, 0.5) is 0 Å². The molecule has 0 amide bonds. The number of aromatic amines is 2. The van der Waals surface area contributed by atoms with E-state index < -0.39 is 11.6 Å². The molecule has 5 heterocycles. The van der Waals surface area contributed by atoms with Crippen LogP contribution in [0.25, 0.3) is 55.7 Å². The lowest BCUT2D eigenvalue weighted by atomic mass is 9.88. The lowest BCUT2D eigenvalue weighted by Gasteiger charge is -2.18. The van der Waals surface area contributed by atoms with Gasteiger partial charge in [0, 0.05) is 33.3 Å². The molecule has 1 aliphatic carbocycles. The van der Waals surface area contributed by atoms with Crippen LogP contribution in [0.3, 0.4) is 0 Å². The molecular formula is C37H24N4O2. The van der Waals surface area contributed by atoms with E-state index in [1.807, 2.05) is 42.5 Å². The Morgan fingerprint density at radius 2 is 1.02 bits per heavy atom. The Bertz CT molecular complexity index is 2210. The number of benzene rings is 3. The second kappa shape index (κ2) is 8.46. The number of hydrogen-bond donors (Lipinski definition) is 2. The third-order valence-electron chi connectivity index (χ3n) is 9.24. The molecule has 43 heavy (non-hydrogen) atoms. The van der Waals surface area contributed by atoms with Crippen molar-refractivity contribution in [2.45, 2.75) is 19.8 Å². The van der Waals surface area contributed by atoms with E-state index in [9.17, 15) is 9.59 Å². The van der Waals surface area contributed by atoms with Crippen LogP contribution in [0.5, 0.6) is 0 Å². The Morgan fingerprint density at radius 1 is 0.535 bits per heavy atom. The third kappa shape index (κ3) is 3.17. The van der Waals surface area contributed by atoms with Crippen LogP contribution >= 0.6 is 0 Å². The average molecular weight is 557 g/mol. The first kappa shape index (κ1) is 24.0. The normalized spacial score (nSPS) is 13.8. The predicted molar refractivity (Wildman–Crippen MR) is 168 cm³/mol. The molecule has 1 aliphatic heterocycles. The lowest BCUT2D eigenvalue weighted by Crippen LogP contribution is -2.23. The number of ketones is 2. The zero-order valence-corrected chi connectivity index (χ0v) is 23.4. The van der Waals surface area contributed by atoms with Crippen molar-refractivity contribution in [2.75, 3.05) is 0 Å².